The number of carboxylic acid groups (broad SMARTS) is 1. The summed E-state index contributed by atoms with van der Waals surface area (Å²) < 4.78 is 16.3. The van der Waals surface area contributed by atoms with Crippen molar-refractivity contribution in [3.05, 3.63) is 29.8 Å². The fourth-order valence-corrected chi connectivity index (χ4v) is 2.80. The van der Waals surface area contributed by atoms with E-state index in [0.717, 1.165) is 0 Å². The van der Waals surface area contributed by atoms with Gasteiger partial charge in [0.15, 0.2) is 12.3 Å². The van der Waals surface area contributed by atoms with Gasteiger partial charge in [0.25, 0.3) is 0 Å². The van der Waals surface area contributed by atoms with Gasteiger partial charge in [-0.25, -0.2) is 9.59 Å². The molecule has 1 saturated heterocycles. The molecule has 0 saturated carbocycles. The minimum absolute atomic E-state index is 0.433. The van der Waals surface area contributed by atoms with E-state index in [1.807, 2.05) is 6.92 Å². The molecule has 1 fully saturated rings. The molecule has 0 aromatic heterocycles. The lowest BCUT2D eigenvalue weighted by atomic mass is 10.1. The van der Waals surface area contributed by atoms with Crippen LogP contribution in [0, 0.1) is 0 Å². The monoisotopic (exact) mass is 351 g/mol. The van der Waals surface area contributed by atoms with Crippen LogP contribution in [-0.2, 0) is 14.3 Å². The number of hydrogen-bond acceptors (Lipinski definition) is 5. The molecular formula is C18H25NO6. The highest BCUT2D eigenvalue weighted by molar-refractivity contribution is 5.77. The highest BCUT2D eigenvalue weighted by Gasteiger charge is 2.49. The normalized spacial score (nSPS) is 23.4. The Kier molecular flexibility index (Phi) is 5.57. The van der Waals surface area contributed by atoms with Gasteiger partial charge >= 0.3 is 12.1 Å². The number of hydrogen-bond donors (Lipinski definition) is 1. The van der Waals surface area contributed by atoms with E-state index in [1.54, 1.807) is 52.1 Å². The predicted octanol–water partition coefficient (Wildman–Crippen LogP) is 3.19. The molecule has 1 N–H and O–H groups in total. The molecule has 0 spiro atoms. The lowest BCUT2D eigenvalue weighted by molar-refractivity contribution is -0.150. The third-order valence-electron chi connectivity index (χ3n) is 3.90. The molecule has 1 unspecified atom stereocenters. The molecule has 3 atom stereocenters. The standard InChI is InChI=1S/C18H25NO6/c1-6-13-14(16(20)21)24-15(11-7-9-12(23-5)10-8-11)19(13)17(22)25-18(2,3)4/h7-10,13-15H,6H2,1-5H3,(H,20,21)/t13-,14+,15?/m0/s1. The molecule has 1 amide bonds. The van der Waals surface area contributed by atoms with Gasteiger partial charge in [0, 0.05) is 5.56 Å². The molecule has 0 bridgehead atoms. The van der Waals surface area contributed by atoms with E-state index in [1.165, 1.54) is 4.90 Å². The second-order valence-corrected chi connectivity index (χ2v) is 6.88. The average Bonchev–Trinajstić information content (AvgIpc) is 2.93. The smallest absolute Gasteiger partial charge is 0.412 e. The SMILES string of the molecule is CC[C@H]1[C@H](C(=O)O)OC(c2ccc(OC)cc2)N1C(=O)OC(C)(C)C. The van der Waals surface area contributed by atoms with Crippen molar-refractivity contribution in [3.8, 4) is 5.75 Å². The Labute approximate surface area is 147 Å². The zero-order valence-corrected chi connectivity index (χ0v) is 15.2. The number of nitrogens with zero attached hydrogens (tertiary/aromatic N) is 1. The van der Waals surface area contributed by atoms with Gasteiger partial charge in [0.1, 0.15) is 11.4 Å². The number of amides is 1. The summed E-state index contributed by atoms with van der Waals surface area (Å²) in [7, 11) is 1.56. The van der Waals surface area contributed by atoms with E-state index in [9.17, 15) is 14.7 Å². The number of aliphatic carboxylic acids is 1. The molecule has 138 valence electrons. The van der Waals surface area contributed by atoms with Crippen LogP contribution in [0.5, 0.6) is 5.75 Å². The van der Waals surface area contributed by atoms with Crippen LogP contribution in [0.25, 0.3) is 0 Å². The fraction of sp³-hybridized carbons (Fsp3) is 0.556. The second kappa shape index (κ2) is 7.31. The van der Waals surface area contributed by atoms with Crippen molar-refractivity contribution in [2.75, 3.05) is 7.11 Å². The van der Waals surface area contributed by atoms with Gasteiger partial charge in [-0.3, -0.25) is 4.90 Å². The van der Waals surface area contributed by atoms with Crippen LogP contribution >= 0.6 is 0 Å². The second-order valence-electron chi connectivity index (χ2n) is 6.88. The first-order chi connectivity index (χ1) is 11.7. The van der Waals surface area contributed by atoms with E-state index in [4.69, 9.17) is 14.2 Å². The first-order valence-electron chi connectivity index (χ1n) is 8.21. The summed E-state index contributed by atoms with van der Waals surface area (Å²) in [4.78, 5) is 25.7. The lowest BCUT2D eigenvalue weighted by Crippen LogP contribution is -2.44. The van der Waals surface area contributed by atoms with Gasteiger partial charge in [-0.1, -0.05) is 19.1 Å². The Hall–Kier alpha value is -2.28. The molecule has 1 aromatic rings. The van der Waals surface area contributed by atoms with Crippen LogP contribution in [-0.4, -0.2) is 46.9 Å². The molecule has 7 heteroatoms. The van der Waals surface area contributed by atoms with E-state index in [2.05, 4.69) is 0 Å². The molecule has 0 aliphatic carbocycles. The third kappa shape index (κ3) is 4.22. The minimum atomic E-state index is -1.11. The van der Waals surface area contributed by atoms with Crippen molar-refractivity contribution in [2.24, 2.45) is 0 Å². The summed E-state index contributed by atoms with van der Waals surface area (Å²) in [6.07, 6.45) is -2.09. The van der Waals surface area contributed by atoms with Gasteiger partial charge in [-0.05, 0) is 39.3 Å². The molecule has 7 nitrogen and oxygen atoms in total. The largest absolute Gasteiger partial charge is 0.497 e. The van der Waals surface area contributed by atoms with Crippen LogP contribution in [0.3, 0.4) is 0 Å². The van der Waals surface area contributed by atoms with Crippen LogP contribution in [0.4, 0.5) is 4.79 Å². The average molecular weight is 351 g/mol. The fourth-order valence-electron chi connectivity index (χ4n) is 2.80. The van der Waals surface area contributed by atoms with Crippen LogP contribution in [0.1, 0.15) is 45.9 Å². The molecule has 25 heavy (non-hydrogen) atoms. The van der Waals surface area contributed by atoms with Gasteiger partial charge in [0.2, 0.25) is 0 Å². The maximum absolute atomic E-state index is 12.7. The number of benzene rings is 1. The van der Waals surface area contributed by atoms with Crippen molar-refractivity contribution >= 4 is 12.1 Å². The Morgan fingerprint density at radius 2 is 1.84 bits per heavy atom. The molecule has 1 aliphatic heterocycles. The van der Waals surface area contributed by atoms with E-state index < -0.39 is 36.0 Å². The van der Waals surface area contributed by atoms with Gasteiger partial charge in [-0.2, -0.15) is 0 Å². The molecule has 1 aliphatic rings. The summed E-state index contributed by atoms with van der Waals surface area (Å²) in [5, 5.41) is 9.47. The van der Waals surface area contributed by atoms with Crippen molar-refractivity contribution in [2.45, 2.75) is 58.1 Å². The van der Waals surface area contributed by atoms with E-state index in [-0.39, 0.29) is 0 Å². The minimum Gasteiger partial charge on any atom is -0.497 e. The summed E-state index contributed by atoms with van der Waals surface area (Å²) in [5.74, 6) is -0.441. The zero-order valence-electron chi connectivity index (χ0n) is 15.2. The number of rotatable bonds is 4. The van der Waals surface area contributed by atoms with Gasteiger partial charge in [-0.15, -0.1) is 0 Å². The summed E-state index contributed by atoms with van der Waals surface area (Å²) >= 11 is 0. The topological polar surface area (TPSA) is 85.3 Å². The van der Waals surface area contributed by atoms with Gasteiger partial charge < -0.3 is 19.3 Å². The Bertz CT molecular complexity index is 621. The Morgan fingerprint density at radius 3 is 2.28 bits per heavy atom. The van der Waals surface area contributed by atoms with E-state index >= 15 is 0 Å². The lowest BCUT2D eigenvalue weighted by Gasteiger charge is -2.31. The molecular weight excluding hydrogens is 326 g/mol. The summed E-state index contributed by atoms with van der Waals surface area (Å²) in [5.41, 5.74) is -0.0323. The highest BCUT2D eigenvalue weighted by atomic mass is 16.6. The first-order valence-corrected chi connectivity index (χ1v) is 8.21. The quantitative estimate of drug-likeness (QED) is 0.897. The zero-order chi connectivity index (χ0) is 18.8. The number of carbonyl (C=O) groups excluding carboxylic acids is 1. The van der Waals surface area contributed by atoms with Crippen molar-refractivity contribution < 1.29 is 28.9 Å². The van der Waals surface area contributed by atoms with Crippen LogP contribution in [0.2, 0.25) is 0 Å². The summed E-state index contributed by atoms with van der Waals surface area (Å²) in [6.45, 7) is 7.11. The van der Waals surface area contributed by atoms with Gasteiger partial charge in [0.05, 0.1) is 13.2 Å². The third-order valence-corrected chi connectivity index (χ3v) is 3.90. The number of methoxy groups -OCH3 is 1. The highest BCUT2D eigenvalue weighted by Crippen LogP contribution is 2.38. The Balaban J connectivity index is 2.38. The van der Waals surface area contributed by atoms with Crippen molar-refractivity contribution in [1.29, 1.82) is 0 Å². The summed E-state index contributed by atoms with van der Waals surface area (Å²) in [6, 6.07) is 6.36. The van der Waals surface area contributed by atoms with Crippen LogP contribution in [0.15, 0.2) is 24.3 Å². The number of carbonyl (C=O) groups is 2. The molecule has 0 radical (unpaired) electrons. The van der Waals surface area contributed by atoms with Crippen molar-refractivity contribution in [1.82, 2.24) is 4.90 Å². The van der Waals surface area contributed by atoms with Crippen LogP contribution < -0.4 is 4.74 Å². The maximum atomic E-state index is 12.7. The molecule has 1 heterocycles. The van der Waals surface area contributed by atoms with Crippen molar-refractivity contribution in [3.63, 3.8) is 0 Å². The molecule has 2 rings (SSSR count). The predicted molar refractivity (Wildman–Crippen MR) is 90.4 cm³/mol. The first kappa shape index (κ1) is 19.1. The van der Waals surface area contributed by atoms with E-state index in [0.29, 0.717) is 17.7 Å². The number of carboxylic acids is 1. The maximum Gasteiger partial charge on any atom is 0.412 e. The molecule has 1 aromatic carbocycles. The number of ether oxygens (including phenoxy) is 3. The Morgan fingerprint density at radius 1 is 1.24 bits per heavy atom.